The second-order valence-corrected chi connectivity index (χ2v) is 14.9. The van der Waals surface area contributed by atoms with Crippen molar-refractivity contribution in [2.75, 3.05) is 28.4 Å². The SMILES string of the molecule is CNC(=O)c1c(-c2ccc(F)cc2)oc2cc3c(cc12)-c1cc(C(=O)NC(C)(C)C)cc(c1)N(S(C)(=O)=O)N3S(C)(=O)=O. The first-order valence-corrected chi connectivity index (χ1v) is 16.7. The Morgan fingerprint density at radius 3 is 2.02 bits per heavy atom. The highest BCUT2D eigenvalue weighted by Crippen LogP contribution is 2.46. The van der Waals surface area contributed by atoms with Crippen LogP contribution in [0.3, 0.4) is 0 Å². The van der Waals surface area contributed by atoms with Crippen molar-refractivity contribution in [3.05, 3.63) is 71.5 Å². The van der Waals surface area contributed by atoms with Crippen LogP contribution in [0.4, 0.5) is 15.8 Å². The number of anilines is 2. The summed E-state index contributed by atoms with van der Waals surface area (Å²) in [6.45, 7) is 5.35. The third-order valence-corrected chi connectivity index (χ3v) is 8.66. The third-order valence-electron chi connectivity index (χ3n) is 6.57. The summed E-state index contributed by atoms with van der Waals surface area (Å²) < 4.78 is 74.0. The van der Waals surface area contributed by atoms with Crippen LogP contribution in [0.5, 0.6) is 0 Å². The molecule has 226 valence electrons. The number of hydrogen-bond acceptors (Lipinski definition) is 7. The predicted molar refractivity (Wildman–Crippen MR) is 162 cm³/mol. The maximum absolute atomic E-state index is 13.7. The molecule has 4 aromatic rings. The van der Waals surface area contributed by atoms with Crippen LogP contribution in [-0.4, -0.2) is 53.7 Å². The number of nitrogens with zero attached hydrogens (tertiary/aromatic N) is 2. The second-order valence-electron chi connectivity index (χ2n) is 11.2. The number of halogens is 1. The van der Waals surface area contributed by atoms with Crippen LogP contribution >= 0.6 is 0 Å². The van der Waals surface area contributed by atoms with Crippen molar-refractivity contribution in [3.8, 4) is 22.5 Å². The molecule has 0 spiro atoms. The van der Waals surface area contributed by atoms with Crippen LogP contribution in [0.15, 0.2) is 59.0 Å². The molecule has 1 aliphatic heterocycles. The number of hydrogen-bond donors (Lipinski definition) is 2. The van der Waals surface area contributed by atoms with Crippen LogP contribution in [0.25, 0.3) is 33.4 Å². The number of hydrazine groups is 1. The van der Waals surface area contributed by atoms with Gasteiger partial charge in [-0.2, -0.15) is 8.83 Å². The Labute approximate surface area is 248 Å². The average Bonchev–Trinajstić information content (AvgIpc) is 3.22. The summed E-state index contributed by atoms with van der Waals surface area (Å²) in [5.74, 6) is -1.43. The second kappa shape index (κ2) is 10.1. The van der Waals surface area contributed by atoms with Gasteiger partial charge in [0.1, 0.15) is 17.2 Å². The number of carbonyl (C=O) groups is 2. The van der Waals surface area contributed by atoms with Gasteiger partial charge in [-0.3, -0.25) is 9.59 Å². The molecule has 0 aliphatic carbocycles. The summed E-state index contributed by atoms with van der Waals surface area (Å²) >= 11 is 0. The smallest absolute Gasteiger partial charge is 0.255 e. The van der Waals surface area contributed by atoms with Crippen molar-refractivity contribution in [1.29, 1.82) is 0 Å². The van der Waals surface area contributed by atoms with E-state index >= 15 is 0 Å². The number of fused-ring (bicyclic) bond motifs is 5. The highest BCUT2D eigenvalue weighted by Gasteiger charge is 2.38. The fourth-order valence-electron chi connectivity index (χ4n) is 4.94. The van der Waals surface area contributed by atoms with Gasteiger partial charge in [0, 0.05) is 40.7 Å². The van der Waals surface area contributed by atoms with Crippen LogP contribution < -0.4 is 19.5 Å². The lowest BCUT2D eigenvalue weighted by atomic mass is 9.97. The van der Waals surface area contributed by atoms with Crippen molar-refractivity contribution in [2.45, 2.75) is 26.3 Å². The zero-order valence-electron chi connectivity index (χ0n) is 24.1. The van der Waals surface area contributed by atoms with E-state index < -0.39 is 43.2 Å². The number of rotatable bonds is 5. The summed E-state index contributed by atoms with van der Waals surface area (Å²) in [4.78, 5) is 26.4. The Morgan fingerprint density at radius 1 is 0.837 bits per heavy atom. The molecule has 2 amide bonds. The molecule has 3 aromatic carbocycles. The molecule has 0 atom stereocenters. The van der Waals surface area contributed by atoms with E-state index in [1.165, 1.54) is 61.6 Å². The van der Waals surface area contributed by atoms with Crippen LogP contribution in [-0.2, 0) is 20.0 Å². The van der Waals surface area contributed by atoms with Gasteiger partial charge < -0.3 is 15.1 Å². The fraction of sp³-hybridized carbons (Fsp3) is 0.241. The highest BCUT2D eigenvalue weighted by atomic mass is 32.2. The van der Waals surface area contributed by atoms with Crippen molar-refractivity contribution in [3.63, 3.8) is 0 Å². The minimum Gasteiger partial charge on any atom is -0.455 e. The molecule has 0 saturated carbocycles. The third kappa shape index (κ3) is 5.55. The molecule has 14 heteroatoms. The minimum absolute atomic E-state index is 0.0690. The Balaban J connectivity index is 1.90. The average molecular weight is 629 g/mol. The monoisotopic (exact) mass is 628 g/mol. The van der Waals surface area contributed by atoms with Crippen molar-refractivity contribution in [1.82, 2.24) is 10.6 Å². The van der Waals surface area contributed by atoms with Gasteiger partial charge in [-0.1, -0.05) is 0 Å². The number of furan rings is 1. The predicted octanol–water partition coefficient (Wildman–Crippen LogP) is 4.25. The van der Waals surface area contributed by atoms with Crippen molar-refractivity contribution >= 4 is 54.2 Å². The first kappa shape index (κ1) is 30.0. The summed E-state index contributed by atoms with van der Waals surface area (Å²) in [7, 11) is -7.20. The van der Waals surface area contributed by atoms with Gasteiger partial charge in [-0.25, -0.2) is 21.2 Å². The quantitative estimate of drug-likeness (QED) is 0.336. The zero-order valence-corrected chi connectivity index (χ0v) is 25.8. The Hall–Kier alpha value is -4.43. The van der Waals surface area contributed by atoms with E-state index in [0.29, 0.717) is 20.0 Å². The summed E-state index contributed by atoms with van der Waals surface area (Å²) in [5, 5.41) is 5.68. The molecule has 2 N–H and O–H groups in total. The van der Waals surface area contributed by atoms with Gasteiger partial charge in [0.2, 0.25) is 0 Å². The molecule has 0 unspecified atom stereocenters. The Morgan fingerprint density at radius 2 is 1.47 bits per heavy atom. The standard InChI is InChI=1S/C29H29FN4O7S2/c1-29(2,3)32-27(35)18-11-17-12-20(13-18)33(42(5,37)38)34(43(6,39)40)23-15-24-22(14-21(17)23)25(28(36)31-4)26(41-24)16-7-9-19(30)10-8-16/h7-15H,1-6H3,(H,31,36)(H,32,35). The molecule has 1 aliphatic rings. The van der Waals surface area contributed by atoms with E-state index in [1.54, 1.807) is 20.8 Å². The van der Waals surface area contributed by atoms with Crippen LogP contribution in [0, 0.1) is 5.82 Å². The molecule has 0 fully saturated rings. The molecule has 2 heterocycles. The summed E-state index contributed by atoms with van der Waals surface area (Å²) in [6, 6.07) is 12.4. The summed E-state index contributed by atoms with van der Waals surface area (Å²) in [5.41, 5.74) is 0.372. The Kier molecular flexibility index (Phi) is 7.05. The maximum Gasteiger partial charge on any atom is 0.255 e. The lowest BCUT2D eigenvalue weighted by Gasteiger charge is -2.33. The van der Waals surface area contributed by atoms with E-state index in [-0.39, 0.29) is 44.8 Å². The Bertz CT molecular complexity index is 2030. The molecular weight excluding hydrogens is 599 g/mol. The lowest BCUT2D eigenvalue weighted by molar-refractivity contribution is 0.0918. The lowest BCUT2D eigenvalue weighted by Crippen LogP contribution is -2.49. The molecule has 43 heavy (non-hydrogen) atoms. The number of amides is 2. The van der Waals surface area contributed by atoms with Gasteiger partial charge in [-0.15, -0.1) is 0 Å². The molecule has 0 saturated heterocycles. The first-order valence-electron chi connectivity index (χ1n) is 13.0. The molecule has 5 rings (SSSR count). The molecule has 1 aromatic heterocycles. The van der Waals surface area contributed by atoms with Gasteiger partial charge in [0.25, 0.3) is 31.9 Å². The topological polar surface area (TPSA) is 146 Å². The maximum atomic E-state index is 13.7. The van der Waals surface area contributed by atoms with Gasteiger partial charge in [-0.05, 0) is 74.9 Å². The zero-order chi connectivity index (χ0) is 31.6. The number of benzene rings is 3. The molecule has 2 bridgehead atoms. The number of sulfonamides is 2. The van der Waals surface area contributed by atoms with Crippen molar-refractivity contribution in [2.24, 2.45) is 0 Å². The normalized spacial score (nSPS) is 13.5. The van der Waals surface area contributed by atoms with E-state index in [4.69, 9.17) is 4.42 Å². The number of nitrogens with one attached hydrogen (secondary N) is 2. The van der Waals surface area contributed by atoms with E-state index in [2.05, 4.69) is 10.6 Å². The fourth-order valence-corrected chi connectivity index (χ4v) is 7.38. The highest BCUT2D eigenvalue weighted by molar-refractivity contribution is 7.96. The largest absolute Gasteiger partial charge is 0.455 e. The van der Waals surface area contributed by atoms with Gasteiger partial charge in [0.15, 0.2) is 0 Å². The van der Waals surface area contributed by atoms with Gasteiger partial charge in [0.05, 0.1) is 29.4 Å². The minimum atomic E-state index is -4.33. The first-order chi connectivity index (χ1) is 19.9. The van der Waals surface area contributed by atoms with Gasteiger partial charge >= 0.3 is 0 Å². The van der Waals surface area contributed by atoms with Crippen LogP contribution in [0.2, 0.25) is 0 Å². The molecule has 0 radical (unpaired) electrons. The van der Waals surface area contributed by atoms with E-state index in [9.17, 15) is 30.8 Å². The summed E-state index contributed by atoms with van der Waals surface area (Å²) in [6.07, 6.45) is 1.70. The van der Waals surface area contributed by atoms with Crippen molar-refractivity contribution < 1.29 is 35.2 Å². The van der Waals surface area contributed by atoms with E-state index in [1.807, 2.05) is 0 Å². The number of carbonyl (C=O) groups excluding carboxylic acids is 2. The van der Waals surface area contributed by atoms with E-state index in [0.717, 1.165) is 12.5 Å². The molecular formula is C29H29FN4O7S2. The molecule has 11 nitrogen and oxygen atoms in total. The van der Waals surface area contributed by atoms with Crippen LogP contribution in [0.1, 0.15) is 41.5 Å².